The molecule has 3 N–H and O–H groups in total. The molecule has 15 heteroatoms. The van der Waals surface area contributed by atoms with Gasteiger partial charge in [-0.25, -0.2) is 35.6 Å². The number of nitrogens with one attached hydrogen (secondary N) is 3. The quantitative estimate of drug-likeness (QED) is 0.129. The zero-order valence-electron chi connectivity index (χ0n) is 22.2. The summed E-state index contributed by atoms with van der Waals surface area (Å²) in [7, 11) is -7.91. The molecule has 3 heterocycles. The fourth-order valence-electron chi connectivity index (χ4n) is 4.29. The molecule has 0 saturated heterocycles. The Hall–Kier alpha value is -4.40. The number of hydrogen-bond acceptors (Lipinski definition) is 7. The van der Waals surface area contributed by atoms with Gasteiger partial charge >= 0.3 is 0 Å². The Morgan fingerprint density at radius 3 is 2.35 bits per heavy atom. The van der Waals surface area contributed by atoms with Crippen molar-refractivity contribution in [3.05, 3.63) is 101 Å². The lowest BCUT2D eigenvalue weighted by Crippen LogP contribution is -2.18. The molecule has 0 unspecified atom stereocenters. The summed E-state index contributed by atoms with van der Waals surface area (Å²) in [6.45, 7) is 1.62. The first-order valence-corrected chi connectivity index (χ1v) is 16.2. The standard InChI is InChI=1S/C28H22ClF2N5O5S2/c1-2-10-42(38,39)35-22-9-8-21(30)24(25(22)31)26(37)20-15-34-28-19(20)11-16(14-33-28)17-12-23(27(29)32-13-17)36-43(40,41)18-6-4-3-5-7-18/h3-9,11-15,35-36H,2,10H2,1H3,(H,33,34). The van der Waals surface area contributed by atoms with E-state index in [-0.39, 0.29) is 44.5 Å². The highest BCUT2D eigenvalue weighted by Gasteiger charge is 2.26. The Bertz CT molecular complexity index is 2090. The van der Waals surface area contributed by atoms with Crippen LogP contribution in [0.4, 0.5) is 20.2 Å². The first-order valence-electron chi connectivity index (χ1n) is 12.6. The Morgan fingerprint density at radius 2 is 1.63 bits per heavy atom. The number of rotatable bonds is 10. The molecule has 0 saturated carbocycles. The van der Waals surface area contributed by atoms with Crippen LogP contribution in [0, 0.1) is 11.6 Å². The van der Waals surface area contributed by atoms with Gasteiger partial charge in [0.05, 0.1) is 27.6 Å². The molecule has 0 atom stereocenters. The molecule has 10 nitrogen and oxygen atoms in total. The number of carbonyl (C=O) groups excluding carboxylic acids is 1. The number of H-pyrrole nitrogens is 1. The molecular weight excluding hydrogens is 624 g/mol. The first kappa shape index (κ1) is 30.1. The van der Waals surface area contributed by atoms with Gasteiger partial charge in [-0.15, -0.1) is 0 Å². The second-order valence-electron chi connectivity index (χ2n) is 9.34. The molecule has 0 fully saturated rings. The van der Waals surface area contributed by atoms with Crippen LogP contribution in [-0.4, -0.2) is 43.3 Å². The molecule has 0 bridgehead atoms. The predicted molar refractivity (Wildman–Crippen MR) is 159 cm³/mol. The third-order valence-electron chi connectivity index (χ3n) is 6.30. The summed E-state index contributed by atoms with van der Waals surface area (Å²) in [6.07, 6.45) is 4.29. The Kier molecular flexibility index (Phi) is 8.18. The number of benzene rings is 2. The number of carbonyl (C=O) groups is 1. The van der Waals surface area contributed by atoms with Crippen LogP contribution in [0.5, 0.6) is 0 Å². The summed E-state index contributed by atoms with van der Waals surface area (Å²) in [5.74, 6) is -3.89. The number of ketones is 1. The summed E-state index contributed by atoms with van der Waals surface area (Å²) in [5, 5.41) is 0.0785. The lowest BCUT2D eigenvalue weighted by molar-refractivity contribution is 0.103. The van der Waals surface area contributed by atoms with Gasteiger partial charge in [0.2, 0.25) is 15.8 Å². The molecule has 0 radical (unpaired) electrons. The molecule has 43 heavy (non-hydrogen) atoms. The summed E-state index contributed by atoms with van der Waals surface area (Å²) in [5.41, 5.74) is -0.688. The Balaban J connectivity index is 1.52. The number of pyridine rings is 2. The van der Waals surface area contributed by atoms with E-state index in [4.69, 9.17) is 11.6 Å². The topological polar surface area (TPSA) is 151 Å². The van der Waals surface area contributed by atoms with E-state index in [9.17, 15) is 26.0 Å². The third kappa shape index (κ3) is 6.21. The molecule has 0 aliphatic heterocycles. The summed E-state index contributed by atoms with van der Waals surface area (Å²) in [6, 6.07) is 12.3. The number of sulfonamides is 2. The fourth-order valence-corrected chi connectivity index (χ4v) is 6.71. The third-order valence-corrected chi connectivity index (χ3v) is 9.46. The molecule has 5 rings (SSSR count). The molecule has 2 aromatic carbocycles. The number of anilines is 2. The number of nitrogens with zero attached hydrogens (tertiary/aromatic N) is 2. The van der Waals surface area contributed by atoms with E-state index in [2.05, 4.69) is 24.4 Å². The molecule has 3 aromatic heterocycles. The van der Waals surface area contributed by atoms with Crippen molar-refractivity contribution < 1.29 is 30.4 Å². The van der Waals surface area contributed by atoms with Gasteiger partial charge in [-0.1, -0.05) is 36.7 Å². The number of fused-ring (bicyclic) bond motifs is 1. The fraction of sp³-hybridized carbons (Fsp3) is 0.107. The molecule has 0 spiro atoms. The highest BCUT2D eigenvalue weighted by molar-refractivity contribution is 7.93. The molecule has 0 aliphatic rings. The van der Waals surface area contributed by atoms with Crippen molar-refractivity contribution in [1.82, 2.24) is 15.0 Å². The van der Waals surface area contributed by atoms with Crippen molar-refractivity contribution >= 4 is 59.8 Å². The van der Waals surface area contributed by atoms with Gasteiger partial charge in [-0.05, 0) is 42.8 Å². The van der Waals surface area contributed by atoms with Gasteiger partial charge in [0.25, 0.3) is 10.0 Å². The lowest BCUT2D eigenvalue weighted by Gasteiger charge is -2.12. The van der Waals surface area contributed by atoms with E-state index in [1.807, 2.05) is 0 Å². The largest absolute Gasteiger partial charge is 0.345 e. The smallest absolute Gasteiger partial charge is 0.261 e. The van der Waals surface area contributed by atoms with Crippen molar-refractivity contribution in [2.75, 3.05) is 15.2 Å². The molecule has 0 amide bonds. The van der Waals surface area contributed by atoms with Crippen molar-refractivity contribution in [1.29, 1.82) is 0 Å². The van der Waals surface area contributed by atoms with Gasteiger partial charge in [-0.3, -0.25) is 14.2 Å². The number of aromatic amines is 1. The first-order chi connectivity index (χ1) is 20.4. The van der Waals surface area contributed by atoms with Crippen LogP contribution in [0.1, 0.15) is 29.3 Å². The second-order valence-corrected chi connectivity index (χ2v) is 13.2. The Labute approximate surface area is 250 Å². The molecule has 0 aliphatic carbocycles. The summed E-state index contributed by atoms with van der Waals surface area (Å²) < 4.78 is 84.6. The van der Waals surface area contributed by atoms with Gasteiger partial charge in [0, 0.05) is 40.7 Å². The van der Waals surface area contributed by atoms with Crippen LogP contribution in [0.3, 0.4) is 0 Å². The van der Waals surface area contributed by atoms with Crippen molar-refractivity contribution in [3.63, 3.8) is 0 Å². The number of halogens is 3. The van der Waals surface area contributed by atoms with Crippen LogP contribution in [-0.2, 0) is 20.0 Å². The van der Waals surface area contributed by atoms with E-state index < -0.39 is 48.7 Å². The Morgan fingerprint density at radius 1 is 0.930 bits per heavy atom. The monoisotopic (exact) mass is 645 g/mol. The predicted octanol–water partition coefficient (Wildman–Crippen LogP) is 5.74. The second kappa shape index (κ2) is 11.7. The van der Waals surface area contributed by atoms with Crippen LogP contribution in [0.25, 0.3) is 22.2 Å². The van der Waals surface area contributed by atoms with Crippen LogP contribution < -0.4 is 9.44 Å². The zero-order chi connectivity index (χ0) is 30.9. The highest BCUT2D eigenvalue weighted by Crippen LogP contribution is 2.32. The van der Waals surface area contributed by atoms with Crippen LogP contribution in [0.2, 0.25) is 5.15 Å². The minimum absolute atomic E-state index is 0.0109. The van der Waals surface area contributed by atoms with Gasteiger partial charge in [-0.2, -0.15) is 0 Å². The maximum atomic E-state index is 15.3. The van der Waals surface area contributed by atoms with Crippen molar-refractivity contribution in [3.8, 4) is 11.1 Å². The van der Waals surface area contributed by atoms with Crippen LogP contribution in [0.15, 0.2) is 78.1 Å². The van der Waals surface area contributed by atoms with Crippen molar-refractivity contribution in [2.24, 2.45) is 0 Å². The SMILES string of the molecule is CCCS(=O)(=O)Nc1ccc(F)c(C(=O)c2c[nH]c3ncc(-c4cnc(Cl)c(NS(=O)(=O)c5ccccc5)c4)cc23)c1F. The van der Waals surface area contributed by atoms with E-state index >= 15 is 4.39 Å². The average molecular weight is 646 g/mol. The van der Waals surface area contributed by atoms with Crippen LogP contribution >= 0.6 is 11.6 Å². The summed E-state index contributed by atoms with van der Waals surface area (Å²) in [4.78, 5) is 24.6. The minimum Gasteiger partial charge on any atom is -0.345 e. The van der Waals surface area contributed by atoms with E-state index in [1.54, 1.807) is 25.1 Å². The van der Waals surface area contributed by atoms with E-state index in [1.165, 1.54) is 42.9 Å². The maximum absolute atomic E-state index is 15.3. The maximum Gasteiger partial charge on any atom is 0.261 e. The lowest BCUT2D eigenvalue weighted by atomic mass is 10.00. The summed E-state index contributed by atoms with van der Waals surface area (Å²) >= 11 is 6.17. The minimum atomic E-state index is -3.99. The van der Waals surface area contributed by atoms with Gasteiger partial charge in [0.1, 0.15) is 11.5 Å². The highest BCUT2D eigenvalue weighted by atomic mass is 35.5. The van der Waals surface area contributed by atoms with E-state index in [0.717, 1.165) is 12.1 Å². The van der Waals surface area contributed by atoms with E-state index in [0.29, 0.717) is 11.1 Å². The molecular formula is C28H22ClF2N5O5S2. The van der Waals surface area contributed by atoms with Gasteiger partial charge in [0.15, 0.2) is 11.0 Å². The average Bonchev–Trinajstić information content (AvgIpc) is 3.39. The van der Waals surface area contributed by atoms with Gasteiger partial charge < -0.3 is 4.98 Å². The molecule has 5 aromatic rings. The molecule has 222 valence electrons. The van der Waals surface area contributed by atoms with Crippen molar-refractivity contribution in [2.45, 2.75) is 18.2 Å². The number of aromatic nitrogens is 3. The number of hydrogen-bond donors (Lipinski definition) is 3. The normalized spacial score (nSPS) is 11.9. The zero-order valence-corrected chi connectivity index (χ0v) is 24.6.